The number of urea groups is 1. The molecule has 0 saturated carbocycles. The monoisotopic (exact) mass is 347 g/mol. The summed E-state index contributed by atoms with van der Waals surface area (Å²) in [6.45, 7) is 4.48. The number of likely N-dealkylation sites (tertiary alicyclic amines) is 1. The molecular formula is C17H25N5O3. The van der Waals surface area contributed by atoms with E-state index in [9.17, 15) is 4.79 Å². The van der Waals surface area contributed by atoms with Gasteiger partial charge in [-0.3, -0.25) is 0 Å². The van der Waals surface area contributed by atoms with Gasteiger partial charge in [-0.15, -0.1) is 0 Å². The highest BCUT2D eigenvalue weighted by atomic mass is 16.3. The van der Waals surface area contributed by atoms with Crippen molar-refractivity contribution in [1.82, 2.24) is 25.1 Å². The number of nitrogens with one attached hydrogen (secondary N) is 1. The zero-order valence-electron chi connectivity index (χ0n) is 14.4. The maximum absolute atomic E-state index is 12.6. The van der Waals surface area contributed by atoms with E-state index < -0.39 is 0 Å². The topological polar surface area (TPSA) is 87.6 Å². The molecule has 1 N–H and O–H groups in total. The Bertz CT molecular complexity index is 570. The highest BCUT2D eigenvalue weighted by Crippen LogP contribution is 2.10. The van der Waals surface area contributed by atoms with E-state index >= 15 is 0 Å². The van der Waals surface area contributed by atoms with Crippen LogP contribution in [0.5, 0.6) is 0 Å². The minimum Gasteiger partial charge on any atom is -0.451 e. The van der Waals surface area contributed by atoms with Gasteiger partial charge >= 0.3 is 6.03 Å². The summed E-state index contributed by atoms with van der Waals surface area (Å²) in [6, 6.07) is -0.138. The van der Waals surface area contributed by atoms with Gasteiger partial charge in [-0.2, -0.15) is 0 Å². The van der Waals surface area contributed by atoms with Crippen molar-refractivity contribution in [2.75, 3.05) is 26.2 Å². The molecule has 3 rings (SSSR count). The lowest BCUT2D eigenvalue weighted by atomic mass is 10.2. The van der Waals surface area contributed by atoms with Crippen LogP contribution in [0.4, 0.5) is 4.79 Å². The zero-order valence-corrected chi connectivity index (χ0v) is 14.4. The molecular weight excluding hydrogens is 322 g/mol. The molecule has 25 heavy (non-hydrogen) atoms. The van der Waals surface area contributed by atoms with Crippen LogP contribution in [0, 0.1) is 0 Å². The lowest BCUT2D eigenvalue weighted by Gasteiger charge is -2.23. The first kappa shape index (κ1) is 17.5. The van der Waals surface area contributed by atoms with E-state index in [0.29, 0.717) is 31.0 Å². The average molecular weight is 347 g/mol. The number of hydrogen-bond acceptors (Lipinski definition) is 6. The Morgan fingerprint density at radius 2 is 1.64 bits per heavy atom. The molecule has 8 heteroatoms. The fraction of sp³-hybridized carbons (Fsp3) is 0.588. The molecule has 2 amide bonds. The molecule has 8 nitrogen and oxygen atoms in total. The number of carbonyl (C=O) groups excluding carboxylic acids is 1. The third-order valence-corrected chi connectivity index (χ3v) is 4.36. The van der Waals surface area contributed by atoms with Crippen molar-refractivity contribution >= 4 is 6.03 Å². The standard InChI is InChI=1S/C17H25N5O3/c23-17(18-5-8-21-6-3-1-2-4-7-21)22(9-15-11-24-13-19-15)10-16-12-25-14-20-16/h11-14H,1-10H2,(H,18,23). The van der Waals surface area contributed by atoms with Gasteiger partial charge in [0, 0.05) is 13.1 Å². The summed E-state index contributed by atoms with van der Waals surface area (Å²) >= 11 is 0. The molecule has 1 saturated heterocycles. The van der Waals surface area contributed by atoms with Gasteiger partial charge in [-0.25, -0.2) is 14.8 Å². The Morgan fingerprint density at radius 3 is 2.16 bits per heavy atom. The second kappa shape index (κ2) is 9.22. The van der Waals surface area contributed by atoms with Gasteiger partial charge in [-0.05, 0) is 25.9 Å². The largest absolute Gasteiger partial charge is 0.451 e. The SMILES string of the molecule is O=C(NCCN1CCCCCC1)N(Cc1cocn1)Cc1cocn1. The molecule has 0 radical (unpaired) electrons. The van der Waals surface area contributed by atoms with Crippen molar-refractivity contribution in [3.05, 3.63) is 36.7 Å². The zero-order chi connectivity index (χ0) is 17.3. The minimum absolute atomic E-state index is 0.138. The molecule has 136 valence electrons. The molecule has 0 aromatic carbocycles. The summed E-state index contributed by atoms with van der Waals surface area (Å²) in [5.41, 5.74) is 1.40. The van der Waals surface area contributed by atoms with Crippen LogP contribution >= 0.6 is 0 Å². The van der Waals surface area contributed by atoms with Gasteiger partial charge in [0.05, 0.1) is 24.5 Å². The highest BCUT2D eigenvalue weighted by molar-refractivity contribution is 5.74. The predicted molar refractivity (Wildman–Crippen MR) is 90.6 cm³/mol. The Balaban J connectivity index is 1.50. The Hall–Kier alpha value is -2.35. The normalized spacial score (nSPS) is 15.7. The molecule has 1 fully saturated rings. The maximum Gasteiger partial charge on any atom is 0.318 e. The van der Waals surface area contributed by atoms with Crippen LogP contribution < -0.4 is 5.32 Å². The van der Waals surface area contributed by atoms with E-state index in [4.69, 9.17) is 8.83 Å². The number of carbonyl (C=O) groups is 1. The summed E-state index contributed by atoms with van der Waals surface area (Å²) in [5.74, 6) is 0. The van der Waals surface area contributed by atoms with E-state index in [2.05, 4.69) is 20.2 Å². The minimum atomic E-state index is -0.138. The highest BCUT2D eigenvalue weighted by Gasteiger charge is 2.17. The first-order chi connectivity index (χ1) is 12.3. The van der Waals surface area contributed by atoms with Gasteiger partial charge < -0.3 is 24.0 Å². The Kier molecular flexibility index (Phi) is 6.44. The molecule has 2 aromatic rings. The van der Waals surface area contributed by atoms with E-state index in [1.807, 2.05) is 0 Å². The Morgan fingerprint density at radius 1 is 1.04 bits per heavy atom. The fourth-order valence-corrected chi connectivity index (χ4v) is 3.01. The molecule has 0 aliphatic carbocycles. The quantitative estimate of drug-likeness (QED) is 0.826. The molecule has 0 unspecified atom stereocenters. The van der Waals surface area contributed by atoms with Crippen molar-refractivity contribution in [3.63, 3.8) is 0 Å². The molecule has 3 heterocycles. The van der Waals surface area contributed by atoms with Crippen LogP contribution in [0.25, 0.3) is 0 Å². The number of oxazole rings is 2. The van der Waals surface area contributed by atoms with Crippen LogP contribution in [0.15, 0.2) is 34.1 Å². The number of amides is 2. The molecule has 1 aliphatic rings. The number of aromatic nitrogens is 2. The van der Waals surface area contributed by atoms with Gasteiger partial charge in [0.15, 0.2) is 12.8 Å². The van der Waals surface area contributed by atoms with Gasteiger partial charge in [-0.1, -0.05) is 12.8 Å². The van der Waals surface area contributed by atoms with E-state index in [1.165, 1.54) is 38.5 Å². The molecule has 2 aromatic heterocycles. The van der Waals surface area contributed by atoms with Gasteiger partial charge in [0.1, 0.15) is 12.5 Å². The fourth-order valence-electron chi connectivity index (χ4n) is 3.01. The molecule has 0 atom stereocenters. The maximum atomic E-state index is 12.6. The third-order valence-electron chi connectivity index (χ3n) is 4.36. The van der Waals surface area contributed by atoms with Crippen molar-refractivity contribution in [3.8, 4) is 0 Å². The third kappa shape index (κ3) is 5.60. The van der Waals surface area contributed by atoms with Gasteiger partial charge in [0.2, 0.25) is 0 Å². The van der Waals surface area contributed by atoms with Crippen LogP contribution in [0.1, 0.15) is 37.1 Å². The first-order valence-electron chi connectivity index (χ1n) is 8.80. The Labute approximate surface area is 147 Å². The van der Waals surface area contributed by atoms with Crippen LogP contribution in [0.2, 0.25) is 0 Å². The summed E-state index contributed by atoms with van der Waals surface area (Å²) in [7, 11) is 0. The van der Waals surface area contributed by atoms with E-state index in [1.54, 1.807) is 17.4 Å². The van der Waals surface area contributed by atoms with Gasteiger partial charge in [0.25, 0.3) is 0 Å². The van der Waals surface area contributed by atoms with Crippen LogP contribution in [-0.4, -0.2) is 52.0 Å². The number of rotatable bonds is 7. The molecule has 1 aliphatic heterocycles. The van der Waals surface area contributed by atoms with Crippen molar-refractivity contribution < 1.29 is 13.6 Å². The summed E-state index contributed by atoms with van der Waals surface area (Å²) in [4.78, 5) is 24.8. The lowest BCUT2D eigenvalue weighted by Crippen LogP contribution is -2.42. The van der Waals surface area contributed by atoms with Crippen molar-refractivity contribution in [1.29, 1.82) is 0 Å². The smallest absolute Gasteiger partial charge is 0.318 e. The van der Waals surface area contributed by atoms with E-state index in [0.717, 1.165) is 19.6 Å². The first-order valence-corrected chi connectivity index (χ1v) is 8.80. The number of nitrogens with zero attached hydrogens (tertiary/aromatic N) is 4. The second-order valence-electron chi connectivity index (χ2n) is 6.30. The van der Waals surface area contributed by atoms with Crippen molar-refractivity contribution in [2.45, 2.75) is 38.8 Å². The summed E-state index contributed by atoms with van der Waals surface area (Å²) in [5, 5.41) is 3.00. The van der Waals surface area contributed by atoms with Crippen molar-refractivity contribution in [2.24, 2.45) is 0 Å². The number of hydrogen-bond donors (Lipinski definition) is 1. The summed E-state index contributed by atoms with van der Waals surface area (Å²) in [6.07, 6.45) is 10.9. The molecule has 0 bridgehead atoms. The molecule has 0 spiro atoms. The lowest BCUT2D eigenvalue weighted by molar-refractivity contribution is 0.188. The average Bonchev–Trinajstić information content (AvgIpc) is 3.25. The van der Waals surface area contributed by atoms with Crippen LogP contribution in [-0.2, 0) is 13.1 Å². The summed E-state index contributed by atoms with van der Waals surface area (Å²) < 4.78 is 9.98. The van der Waals surface area contributed by atoms with E-state index in [-0.39, 0.29) is 6.03 Å². The predicted octanol–water partition coefficient (Wildman–Crippen LogP) is 2.25. The van der Waals surface area contributed by atoms with Crippen LogP contribution in [0.3, 0.4) is 0 Å². The second-order valence-corrected chi connectivity index (χ2v) is 6.30.